The van der Waals surface area contributed by atoms with Gasteiger partial charge < -0.3 is 5.32 Å². The van der Waals surface area contributed by atoms with Gasteiger partial charge in [-0.1, -0.05) is 25.3 Å². The SMILES string of the molecule is O=[N+]([O-])c1cc(CNCC2CCCCC2)ccc1Br. The Morgan fingerprint density at radius 3 is 2.74 bits per heavy atom. The van der Waals surface area contributed by atoms with Gasteiger partial charge in [-0.05, 0) is 52.9 Å². The summed E-state index contributed by atoms with van der Waals surface area (Å²) in [5.41, 5.74) is 1.10. The summed E-state index contributed by atoms with van der Waals surface area (Å²) >= 11 is 3.20. The molecule has 0 aliphatic heterocycles. The number of halogens is 1. The summed E-state index contributed by atoms with van der Waals surface area (Å²) in [7, 11) is 0. The minimum atomic E-state index is -0.352. The van der Waals surface area contributed by atoms with E-state index in [2.05, 4.69) is 21.2 Å². The van der Waals surface area contributed by atoms with Crippen molar-refractivity contribution < 1.29 is 4.92 Å². The molecule has 0 heterocycles. The van der Waals surface area contributed by atoms with Crippen molar-refractivity contribution in [2.24, 2.45) is 5.92 Å². The highest BCUT2D eigenvalue weighted by Gasteiger charge is 2.14. The fourth-order valence-corrected chi connectivity index (χ4v) is 3.01. The molecule has 0 saturated heterocycles. The van der Waals surface area contributed by atoms with Crippen molar-refractivity contribution in [2.75, 3.05) is 6.54 Å². The summed E-state index contributed by atoms with van der Waals surface area (Å²) in [6, 6.07) is 5.30. The second-order valence-corrected chi connectivity index (χ2v) is 6.03. The fraction of sp³-hybridized carbons (Fsp3) is 0.571. The maximum absolute atomic E-state index is 10.9. The van der Waals surface area contributed by atoms with Crippen LogP contribution in [-0.2, 0) is 6.54 Å². The van der Waals surface area contributed by atoms with Gasteiger partial charge >= 0.3 is 0 Å². The molecule has 0 radical (unpaired) electrons. The summed E-state index contributed by atoms with van der Waals surface area (Å²) in [5.74, 6) is 0.777. The molecule has 0 bridgehead atoms. The molecule has 0 amide bonds. The fourth-order valence-electron chi connectivity index (χ4n) is 2.62. The zero-order chi connectivity index (χ0) is 13.7. The van der Waals surface area contributed by atoms with Crippen LogP contribution >= 0.6 is 15.9 Å². The third-order valence-electron chi connectivity index (χ3n) is 3.69. The Morgan fingerprint density at radius 1 is 1.32 bits per heavy atom. The summed E-state index contributed by atoms with van der Waals surface area (Å²) in [4.78, 5) is 10.5. The molecule has 1 aromatic rings. The first kappa shape index (κ1) is 14.5. The average Bonchev–Trinajstić information content (AvgIpc) is 2.41. The third kappa shape index (κ3) is 4.28. The van der Waals surface area contributed by atoms with E-state index in [4.69, 9.17) is 0 Å². The van der Waals surface area contributed by atoms with E-state index < -0.39 is 0 Å². The van der Waals surface area contributed by atoms with Gasteiger partial charge in [0.1, 0.15) is 0 Å². The first-order chi connectivity index (χ1) is 9.16. The monoisotopic (exact) mass is 326 g/mol. The number of rotatable bonds is 5. The molecule has 1 aromatic carbocycles. The first-order valence-electron chi connectivity index (χ1n) is 6.80. The molecular weight excluding hydrogens is 308 g/mol. The van der Waals surface area contributed by atoms with E-state index in [9.17, 15) is 10.1 Å². The van der Waals surface area contributed by atoms with Crippen LogP contribution in [0.4, 0.5) is 5.69 Å². The standard InChI is InChI=1S/C14H19BrN2O2/c15-13-7-6-12(8-14(13)17(18)19)10-16-9-11-4-2-1-3-5-11/h6-8,11,16H,1-5,9-10H2. The van der Waals surface area contributed by atoms with E-state index in [1.54, 1.807) is 12.1 Å². The molecular formula is C14H19BrN2O2. The van der Waals surface area contributed by atoms with E-state index in [1.165, 1.54) is 32.1 Å². The minimum Gasteiger partial charge on any atom is -0.312 e. The zero-order valence-corrected chi connectivity index (χ0v) is 12.5. The number of benzene rings is 1. The number of nitrogens with zero attached hydrogens (tertiary/aromatic N) is 1. The molecule has 1 aliphatic carbocycles. The van der Waals surface area contributed by atoms with Gasteiger partial charge in [-0.3, -0.25) is 10.1 Å². The number of hydrogen-bond donors (Lipinski definition) is 1. The maximum atomic E-state index is 10.9. The second-order valence-electron chi connectivity index (χ2n) is 5.18. The molecule has 5 heteroatoms. The van der Waals surface area contributed by atoms with Gasteiger partial charge in [0, 0.05) is 12.6 Å². The topological polar surface area (TPSA) is 55.2 Å². The van der Waals surface area contributed by atoms with Crippen LogP contribution in [0.2, 0.25) is 0 Å². The van der Waals surface area contributed by atoms with E-state index in [-0.39, 0.29) is 10.6 Å². The van der Waals surface area contributed by atoms with Crippen LogP contribution in [0, 0.1) is 16.0 Å². The van der Waals surface area contributed by atoms with Crippen LogP contribution < -0.4 is 5.32 Å². The van der Waals surface area contributed by atoms with E-state index in [0.29, 0.717) is 11.0 Å². The van der Waals surface area contributed by atoms with Gasteiger partial charge in [0.25, 0.3) is 5.69 Å². The summed E-state index contributed by atoms with van der Waals surface area (Å²) in [5, 5.41) is 14.3. The molecule has 1 N–H and O–H groups in total. The molecule has 0 atom stereocenters. The average molecular weight is 327 g/mol. The smallest absolute Gasteiger partial charge is 0.283 e. The second kappa shape index (κ2) is 7.01. The molecule has 0 aromatic heterocycles. The molecule has 1 saturated carbocycles. The molecule has 4 nitrogen and oxygen atoms in total. The van der Waals surface area contributed by atoms with Crippen molar-refractivity contribution in [1.29, 1.82) is 0 Å². The van der Waals surface area contributed by atoms with Gasteiger partial charge in [-0.15, -0.1) is 0 Å². The van der Waals surface area contributed by atoms with Crippen LogP contribution in [0.15, 0.2) is 22.7 Å². The Kier molecular flexibility index (Phi) is 5.34. The zero-order valence-electron chi connectivity index (χ0n) is 10.9. The summed E-state index contributed by atoms with van der Waals surface area (Å²) < 4.78 is 0.536. The largest absolute Gasteiger partial charge is 0.312 e. The van der Waals surface area contributed by atoms with Crippen LogP contribution in [0.3, 0.4) is 0 Å². The molecule has 0 spiro atoms. The van der Waals surface area contributed by atoms with Gasteiger partial charge in [-0.2, -0.15) is 0 Å². The van der Waals surface area contributed by atoms with Crippen molar-refractivity contribution in [1.82, 2.24) is 5.32 Å². The van der Waals surface area contributed by atoms with E-state index >= 15 is 0 Å². The van der Waals surface area contributed by atoms with Crippen LogP contribution in [0.1, 0.15) is 37.7 Å². The third-order valence-corrected chi connectivity index (χ3v) is 4.36. The number of nitro benzene ring substituents is 1. The van der Waals surface area contributed by atoms with Crippen molar-refractivity contribution in [3.05, 3.63) is 38.3 Å². The lowest BCUT2D eigenvalue weighted by Crippen LogP contribution is -2.24. The Hall–Kier alpha value is -0.940. The lowest BCUT2D eigenvalue weighted by Gasteiger charge is -2.21. The minimum absolute atomic E-state index is 0.136. The van der Waals surface area contributed by atoms with Gasteiger partial charge in [0.05, 0.1) is 9.40 Å². The number of nitrogens with one attached hydrogen (secondary N) is 1. The summed E-state index contributed by atoms with van der Waals surface area (Å²) in [6.45, 7) is 1.72. The Labute approximate surface area is 121 Å². The molecule has 1 fully saturated rings. The number of nitro groups is 1. The lowest BCUT2D eigenvalue weighted by molar-refractivity contribution is -0.385. The van der Waals surface area contributed by atoms with E-state index in [0.717, 1.165) is 18.0 Å². The highest BCUT2D eigenvalue weighted by molar-refractivity contribution is 9.10. The quantitative estimate of drug-likeness (QED) is 0.656. The van der Waals surface area contributed by atoms with Crippen LogP contribution in [0.5, 0.6) is 0 Å². The maximum Gasteiger partial charge on any atom is 0.283 e. The highest BCUT2D eigenvalue weighted by Crippen LogP contribution is 2.26. The van der Waals surface area contributed by atoms with Crippen LogP contribution in [-0.4, -0.2) is 11.5 Å². The first-order valence-corrected chi connectivity index (χ1v) is 7.59. The molecule has 0 unspecified atom stereocenters. The van der Waals surface area contributed by atoms with Crippen molar-refractivity contribution >= 4 is 21.6 Å². The Bertz CT molecular complexity index is 445. The highest BCUT2D eigenvalue weighted by atomic mass is 79.9. The predicted molar refractivity (Wildman–Crippen MR) is 79.1 cm³/mol. The lowest BCUT2D eigenvalue weighted by atomic mass is 9.89. The Balaban J connectivity index is 1.85. The van der Waals surface area contributed by atoms with Crippen molar-refractivity contribution in [3.63, 3.8) is 0 Å². The molecule has 1 aliphatic rings. The predicted octanol–water partition coefficient (Wildman–Crippen LogP) is 4.03. The van der Waals surface area contributed by atoms with E-state index in [1.807, 2.05) is 6.07 Å². The van der Waals surface area contributed by atoms with Crippen LogP contribution in [0.25, 0.3) is 0 Å². The molecule has 104 valence electrons. The molecule has 2 rings (SSSR count). The van der Waals surface area contributed by atoms with Gasteiger partial charge in [-0.25, -0.2) is 0 Å². The van der Waals surface area contributed by atoms with Crippen molar-refractivity contribution in [2.45, 2.75) is 38.6 Å². The Morgan fingerprint density at radius 2 is 2.05 bits per heavy atom. The summed E-state index contributed by atoms with van der Waals surface area (Å²) in [6.07, 6.45) is 6.68. The van der Waals surface area contributed by atoms with Gasteiger partial charge in [0.2, 0.25) is 0 Å². The normalized spacial score (nSPS) is 16.5. The van der Waals surface area contributed by atoms with Gasteiger partial charge in [0.15, 0.2) is 0 Å². The molecule has 19 heavy (non-hydrogen) atoms. The van der Waals surface area contributed by atoms with Crippen molar-refractivity contribution in [3.8, 4) is 0 Å². The number of hydrogen-bond acceptors (Lipinski definition) is 3.